The predicted molar refractivity (Wildman–Crippen MR) is 83.3 cm³/mol. The van der Waals surface area contributed by atoms with E-state index in [9.17, 15) is 0 Å². The Morgan fingerprint density at radius 1 is 0.947 bits per heavy atom. The van der Waals surface area contributed by atoms with Crippen molar-refractivity contribution in [1.82, 2.24) is 5.32 Å². The molecular weight excluding hydrogens is 277 g/mol. The molecule has 19 heavy (non-hydrogen) atoms. The molecule has 0 bridgehead atoms. The van der Waals surface area contributed by atoms with Gasteiger partial charge in [0.25, 0.3) is 0 Å². The average Bonchev–Trinajstić information content (AvgIpc) is 2.37. The molecule has 1 N–H and O–H groups in total. The zero-order chi connectivity index (χ0) is 14.0. The first-order valence-corrected chi connectivity index (χ1v) is 6.98. The van der Waals surface area contributed by atoms with E-state index in [0.29, 0.717) is 10.0 Å². The highest BCUT2D eigenvalue weighted by Gasteiger charge is 2.15. The Kier molecular flexibility index (Phi) is 4.51. The lowest BCUT2D eigenvalue weighted by Crippen LogP contribution is -2.18. The molecule has 0 aromatic heterocycles. The summed E-state index contributed by atoms with van der Waals surface area (Å²) in [5.74, 6) is 0. The van der Waals surface area contributed by atoms with Gasteiger partial charge in [0.05, 0.1) is 16.1 Å². The Morgan fingerprint density at radius 2 is 1.68 bits per heavy atom. The molecule has 0 aliphatic carbocycles. The Hall–Kier alpha value is -1.02. The van der Waals surface area contributed by atoms with Crippen LogP contribution in [0.2, 0.25) is 10.0 Å². The van der Waals surface area contributed by atoms with Gasteiger partial charge in [0, 0.05) is 0 Å². The van der Waals surface area contributed by atoms with Gasteiger partial charge in [-0.15, -0.1) is 0 Å². The van der Waals surface area contributed by atoms with Crippen LogP contribution in [0.5, 0.6) is 0 Å². The second kappa shape index (κ2) is 5.96. The molecule has 0 heterocycles. The van der Waals surface area contributed by atoms with Crippen LogP contribution in [0.25, 0.3) is 0 Å². The number of halogens is 2. The molecule has 3 heteroatoms. The number of rotatable bonds is 3. The van der Waals surface area contributed by atoms with Crippen LogP contribution in [0.15, 0.2) is 36.4 Å². The molecule has 0 spiro atoms. The van der Waals surface area contributed by atoms with Gasteiger partial charge in [-0.3, -0.25) is 0 Å². The van der Waals surface area contributed by atoms with E-state index in [1.54, 1.807) is 0 Å². The maximum atomic E-state index is 6.11. The van der Waals surface area contributed by atoms with Crippen molar-refractivity contribution in [2.24, 2.45) is 0 Å². The highest BCUT2D eigenvalue weighted by atomic mass is 35.5. The molecule has 2 aromatic carbocycles. The molecule has 0 aliphatic heterocycles. The molecule has 100 valence electrons. The lowest BCUT2D eigenvalue weighted by molar-refractivity contribution is 0.687. The third-order valence-corrected chi connectivity index (χ3v) is 4.04. The lowest BCUT2D eigenvalue weighted by Gasteiger charge is -2.20. The summed E-state index contributed by atoms with van der Waals surface area (Å²) in [6.07, 6.45) is 0. The fourth-order valence-electron chi connectivity index (χ4n) is 2.34. The Balaban J connectivity index is 2.46. The van der Waals surface area contributed by atoms with Gasteiger partial charge in [-0.2, -0.15) is 0 Å². The second-order valence-electron chi connectivity index (χ2n) is 4.76. The molecule has 2 rings (SSSR count). The van der Waals surface area contributed by atoms with Crippen molar-refractivity contribution < 1.29 is 0 Å². The fraction of sp³-hybridized carbons (Fsp3) is 0.250. The maximum absolute atomic E-state index is 6.11. The number of nitrogens with one attached hydrogen (secondary N) is 1. The van der Waals surface area contributed by atoms with E-state index in [0.717, 1.165) is 5.56 Å². The molecule has 0 amide bonds. The van der Waals surface area contributed by atoms with E-state index < -0.39 is 0 Å². The third kappa shape index (κ3) is 3.11. The summed E-state index contributed by atoms with van der Waals surface area (Å²) in [6, 6.07) is 12.4. The average molecular weight is 294 g/mol. The molecular formula is C16H17Cl2N. The molecule has 0 radical (unpaired) electrons. The van der Waals surface area contributed by atoms with Gasteiger partial charge in [-0.25, -0.2) is 0 Å². The minimum atomic E-state index is 0.121. The van der Waals surface area contributed by atoms with Gasteiger partial charge in [0.15, 0.2) is 0 Å². The van der Waals surface area contributed by atoms with E-state index >= 15 is 0 Å². The summed E-state index contributed by atoms with van der Waals surface area (Å²) in [6.45, 7) is 4.23. The quantitative estimate of drug-likeness (QED) is 0.847. The highest BCUT2D eigenvalue weighted by molar-refractivity contribution is 6.42. The molecule has 1 unspecified atom stereocenters. The summed E-state index contributed by atoms with van der Waals surface area (Å²) < 4.78 is 0. The molecule has 0 saturated heterocycles. The number of hydrogen-bond donors (Lipinski definition) is 1. The Labute approximate surface area is 124 Å². The van der Waals surface area contributed by atoms with Gasteiger partial charge in [0.2, 0.25) is 0 Å². The van der Waals surface area contributed by atoms with Crippen LogP contribution in [-0.2, 0) is 0 Å². The molecule has 0 fully saturated rings. The lowest BCUT2D eigenvalue weighted by atomic mass is 9.94. The first-order valence-electron chi connectivity index (χ1n) is 6.22. The van der Waals surface area contributed by atoms with Crippen molar-refractivity contribution in [2.45, 2.75) is 19.9 Å². The van der Waals surface area contributed by atoms with Crippen LogP contribution in [0, 0.1) is 13.8 Å². The summed E-state index contributed by atoms with van der Waals surface area (Å²) in [5, 5.41) is 4.51. The van der Waals surface area contributed by atoms with Crippen molar-refractivity contribution in [1.29, 1.82) is 0 Å². The van der Waals surface area contributed by atoms with Crippen molar-refractivity contribution in [3.63, 3.8) is 0 Å². The smallest absolute Gasteiger partial charge is 0.0595 e. The highest BCUT2D eigenvalue weighted by Crippen LogP contribution is 2.30. The number of benzene rings is 2. The zero-order valence-electron chi connectivity index (χ0n) is 11.3. The van der Waals surface area contributed by atoms with Crippen molar-refractivity contribution in [3.8, 4) is 0 Å². The van der Waals surface area contributed by atoms with Gasteiger partial charge in [-0.1, -0.05) is 53.0 Å². The van der Waals surface area contributed by atoms with Crippen LogP contribution >= 0.6 is 23.2 Å². The zero-order valence-corrected chi connectivity index (χ0v) is 12.8. The van der Waals surface area contributed by atoms with Gasteiger partial charge in [0.1, 0.15) is 0 Å². The van der Waals surface area contributed by atoms with E-state index in [-0.39, 0.29) is 6.04 Å². The molecule has 0 saturated carbocycles. The number of aryl methyl sites for hydroxylation is 2. The van der Waals surface area contributed by atoms with Crippen LogP contribution in [-0.4, -0.2) is 7.05 Å². The third-order valence-electron chi connectivity index (χ3n) is 3.30. The van der Waals surface area contributed by atoms with Gasteiger partial charge in [-0.05, 0) is 49.7 Å². The summed E-state index contributed by atoms with van der Waals surface area (Å²) >= 11 is 12.1. The number of hydrogen-bond acceptors (Lipinski definition) is 1. The van der Waals surface area contributed by atoms with Crippen molar-refractivity contribution >= 4 is 23.2 Å². The molecule has 2 aromatic rings. The largest absolute Gasteiger partial charge is 0.309 e. The van der Waals surface area contributed by atoms with Crippen molar-refractivity contribution in [2.75, 3.05) is 7.05 Å². The van der Waals surface area contributed by atoms with Crippen LogP contribution in [0.1, 0.15) is 28.3 Å². The van der Waals surface area contributed by atoms with E-state index in [1.165, 1.54) is 16.7 Å². The minimum Gasteiger partial charge on any atom is -0.309 e. The molecule has 0 aliphatic rings. The predicted octanol–water partition coefficient (Wildman–Crippen LogP) is 4.92. The van der Waals surface area contributed by atoms with Crippen molar-refractivity contribution in [3.05, 3.63) is 68.7 Å². The first kappa shape index (κ1) is 14.4. The fourth-order valence-corrected chi connectivity index (χ4v) is 2.65. The van der Waals surface area contributed by atoms with E-state index in [2.05, 4.69) is 37.4 Å². The Bertz CT molecular complexity index is 593. The standard InChI is InChI=1S/C16H17Cl2N/c1-10-4-6-13(11(2)8-10)16(19-3)12-5-7-14(17)15(18)9-12/h4-9,16,19H,1-3H3. The Morgan fingerprint density at radius 3 is 2.26 bits per heavy atom. The molecule has 1 nitrogen and oxygen atoms in total. The minimum absolute atomic E-state index is 0.121. The summed E-state index contributed by atoms with van der Waals surface area (Å²) in [7, 11) is 1.95. The summed E-state index contributed by atoms with van der Waals surface area (Å²) in [5.41, 5.74) is 4.91. The van der Waals surface area contributed by atoms with Gasteiger partial charge < -0.3 is 5.32 Å². The molecule has 1 atom stereocenters. The maximum Gasteiger partial charge on any atom is 0.0595 e. The normalized spacial score (nSPS) is 12.5. The van der Waals surface area contributed by atoms with E-state index in [1.807, 2.05) is 25.2 Å². The summed E-state index contributed by atoms with van der Waals surface area (Å²) in [4.78, 5) is 0. The topological polar surface area (TPSA) is 12.0 Å². The SMILES string of the molecule is CNC(c1ccc(Cl)c(Cl)c1)c1ccc(C)cc1C. The van der Waals surface area contributed by atoms with Crippen LogP contribution in [0.4, 0.5) is 0 Å². The monoisotopic (exact) mass is 293 g/mol. The van der Waals surface area contributed by atoms with Crippen LogP contribution < -0.4 is 5.32 Å². The van der Waals surface area contributed by atoms with Gasteiger partial charge >= 0.3 is 0 Å². The first-order chi connectivity index (χ1) is 9.02. The second-order valence-corrected chi connectivity index (χ2v) is 5.57. The van der Waals surface area contributed by atoms with Crippen LogP contribution in [0.3, 0.4) is 0 Å². The van der Waals surface area contributed by atoms with E-state index in [4.69, 9.17) is 23.2 Å².